The van der Waals surface area contributed by atoms with Gasteiger partial charge in [-0.25, -0.2) is 0 Å². The molecular formula is C15H17NS. The van der Waals surface area contributed by atoms with E-state index in [0.29, 0.717) is 0 Å². The molecule has 2 heteroatoms. The third-order valence-corrected chi connectivity index (χ3v) is 4.11. The molecule has 2 rings (SSSR count). The summed E-state index contributed by atoms with van der Waals surface area (Å²) in [7, 11) is 0. The summed E-state index contributed by atoms with van der Waals surface area (Å²) in [5.41, 5.74) is -0.268. The number of terminal acetylenes is 1. The van der Waals surface area contributed by atoms with E-state index in [2.05, 4.69) is 48.5 Å². The maximum atomic E-state index is 5.50. The Labute approximate surface area is 107 Å². The minimum Gasteiger partial charge on any atom is -0.294 e. The lowest BCUT2D eigenvalue weighted by atomic mass is 10.1. The minimum atomic E-state index is -0.268. The van der Waals surface area contributed by atoms with Gasteiger partial charge in [0.15, 0.2) is 0 Å². The van der Waals surface area contributed by atoms with Crippen LogP contribution in [0.25, 0.3) is 10.1 Å². The van der Waals surface area contributed by atoms with Crippen molar-refractivity contribution in [2.75, 3.05) is 0 Å². The first kappa shape index (κ1) is 12.2. The zero-order valence-corrected chi connectivity index (χ0v) is 11.3. The van der Waals surface area contributed by atoms with Crippen LogP contribution in [0.3, 0.4) is 0 Å². The average molecular weight is 243 g/mol. The van der Waals surface area contributed by atoms with Gasteiger partial charge in [-0.15, -0.1) is 17.8 Å². The van der Waals surface area contributed by atoms with Gasteiger partial charge in [-0.1, -0.05) is 24.1 Å². The number of thiophene rings is 1. The summed E-state index contributed by atoms with van der Waals surface area (Å²) in [6, 6.07) is 11.0. The SMILES string of the molecule is C#CC(C)(C)NC(C)c1cc2ccccc2s1. The predicted molar refractivity (Wildman–Crippen MR) is 76.3 cm³/mol. The Morgan fingerprint density at radius 3 is 2.71 bits per heavy atom. The summed E-state index contributed by atoms with van der Waals surface area (Å²) < 4.78 is 1.33. The third-order valence-electron chi connectivity index (χ3n) is 2.81. The number of hydrogen-bond acceptors (Lipinski definition) is 2. The Kier molecular flexibility index (Phi) is 3.24. The molecule has 1 nitrogen and oxygen atoms in total. The van der Waals surface area contributed by atoms with Crippen LogP contribution < -0.4 is 5.32 Å². The first-order chi connectivity index (χ1) is 8.02. The van der Waals surface area contributed by atoms with Crippen molar-refractivity contribution in [2.24, 2.45) is 0 Å². The molecule has 88 valence electrons. The summed E-state index contributed by atoms with van der Waals surface area (Å²) in [5.74, 6) is 2.77. The van der Waals surface area contributed by atoms with E-state index < -0.39 is 0 Å². The Bertz CT molecular complexity index is 527. The van der Waals surface area contributed by atoms with E-state index in [9.17, 15) is 0 Å². The molecule has 1 aromatic carbocycles. The second-order valence-electron chi connectivity index (χ2n) is 4.82. The highest BCUT2D eigenvalue weighted by molar-refractivity contribution is 7.19. The van der Waals surface area contributed by atoms with E-state index in [4.69, 9.17) is 6.42 Å². The predicted octanol–water partition coefficient (Wildman–Crippen LogP) is 3.96. The third kappa shape index (κ3) is 2.69. The summed E-state index contributed by atoms with van der Waals surface area (Å²) in [4.78, 5) is 1.33. The number of fused-ring (bicyclic) bond motifs is 1. The van der Waals surface area contributed by atoms with E-state index in [0.717, 1.165) is 0 Å². The van der Waals surface area contributed by atoms with Gasteiger partial charge in [0.25, 0.3) is 0 Å². The highest BCUT2D eigenvalue weighted by Crippen LogP contribution is 2.30. The van der Waals surface area contributed by atoms with Gasteiger partial charge in [-0.2, -0.15) is 0 Å². The standard InChI is InChI=1S/C15H17NS/c1-5-15(3,4)16-11(2)14-10-12-8-6-7-9-13(12)17-14/h1,6-11,16H,2-4H3. The van der Waals surface area contributed by atoms with Crippen LogP contribution in [0.15, 0.2) is 30.3 Å². The molecule has 1 atom stereocenters. The first-order valence-corrected chi connectivity index (χ1v) is 6.57. The Morgan fingerprint density at radius 1 is 1.35 bits per heavy atom. The van der Waals surface area contributed by atoms with E-state index in [1.54, 1.807) is 0 Å². The second kappa shape index (κ2) is 4.52. The summed E-state index contributed by atoms with van der Waals surface area (Å²) in [6.07, 6.45) is 5.50. The van der Waals surface area contributed by atoms with Gasteiger partial charge in [0, 0.05) is 15.6 Å². The van der Waals surface area contributed by atoms with Crippen LogP contribution in [0.5, 0.6) is 0 Å². The topological polar surface area (TPSA) is 12.0 Å². The molecule has 1 unspecified atom stereocenters. The molecule has 0 fully saturated rings. The zero-order valence-electron chi connectivity index (χ0n) is 10.4. The normalized spacial score (nSPS) is 13.5. The van der Waals surface area contributed by atoms with Gasteiger partial charge in [0.2, 0.25) is 0 Å². The largest absolute Gasteiger partial charge is 0.294 e. The Balaban J connectivity index is 2.25. The molecule has 1 N–H and O–H groups in total. The van der Waals surface area contributed by atoms with Gasteiger partial charge in [0.05, 0.1) is 5.54 Å². The summed E-state index contributed by atoms with van der Waals surface area (Å²) >= 11 is 1.83. The van der Waals surface area contributed by atoms with Crippen LogP contribution in [0, 0.1) is 12.3 Å². The molecule has 0 bridgehead atoms. The number of hydrogen-bond donors (Lipinski definition) is 1. The quantitative estimate of drug-likeness (QED) is 0.804. The van der Waals surface area contributed by atoms with Gasteiger partial charge >= 0.3 is 0 Å². The lowest BCUT2D eigenvalue weighted by Crippen LogP contribution is -2.39. The highest BCUT2D eigenvalue weighted by atomic mass is 32.1. The van der Waals surface area contributed by atoms with Crippen LogP contribution in [-0.4, -0.2) is 5.54 Å². The zero-order chi connectivity index (χ0) is 12.5. The number of benzene rings is 1. The Hall–Kier alpha value is -1.30. The summed E-state index contributed by atoms with van der Waals surface area (Å²) in [5, 5.41) is 4.76. The van der Waals surface area contributed by atoms with Crippen molar-refractivity contribution in [1.82, 2.24) is 5.32 Å². The van der Waals surface area contributed by atoms with Crippen molar-refractivity contribution in [1.29, 1.82) is 0 Å². The highest BCUT2D eigenvalue weighted by Gasteiger charge is 2.18. The van der Waals surface area contributed by atoms with Crippen LogP contribution in [0.2, 0.25) is 0 Å². The van der Waals surface area contributed by atoms with Crippen molar-refractivity contribution in [2.45, 2.75) is 32.4 Å². The molecule has 0 spiro atoms. The smallest absolute Gasteiger partial charge is 0.0746 e. The molecule has 0 radical (unpaired) electrons. The first-order valence-electron chi connectivity index (χ1n) is 5.76. The lowest BCUT2D eigenvalue weighted by molar-refractivity contribution is 0.435. The fraction of sp³-hybridized carbons (Fsp3) is 0.333. The average Bonchev–Trinajstić information content (AvgIpc) is 2.72. The van der Waals surface area contributed by atoms with Crippen molar-refractivity contribution in [3.8, 4) is 12.3 Å². The molecule has 0 saturated carbocycles. The molecule has 0 aliphatic carbocycles. The maximum absolute atomic E-state index is 5.50. The molecule has 0 saturated heterocycles. The molecule has 17 heavy (non-hydrogen) atoms. The lowest BCUT2D eigenvalue weighted by Gasteiger charge is -2.24. The number of rotatable bonds is 3. The summed E-state index contributed by atoms with van der Waals surface area (Å²) in [6.45, 7) is 6.21. The molecule has 1 heterocycles. The van der Waals surface area contributed by atoms with E-state index in [1.807, 2.05) is 25.2 Å². The van der Waals surface area contributed by atoms with Crippen molar-refractivity contribution in [3.63, 3.8) is 0 Å². The molecular weight excluding hydrogens is 226 g/mol. The molecule has 1 aromatic heterocycles. The maximum Gasteiger partial charge on any atom is 0.0746 e. The van der Waals surface area contributed by atoms with Crippen LogP contribution in [-0.2, 0) is 0 Å². The van der Waals surface area contributed by atoms with Gasteiger partial charge in [0.1, 0.15) is 0 Å². The van der Waals surface area contributed by atoms with E-state index in [-0.39, 0.29) is 11.6 Å². The fourth-order valence-electron chi connectivity index (χ4n) is 1.87. The van der Waals surface area contributed by atoms with Gasteiger partial charge in [-0.3, -0.25) is 5.32 Å². The fourth-order valence-corrected chi connectivity index (χ4v) is 2.94. The van der Waals surface area contributed by atoms with Crippen LogP contribution in [0.4, 0.5) is 0 Å². The second-order valence-corrected chi connectivity index (χ2v) is 5.94. The van der Waals surface area contributed by atoms with Crippen LogP contribution in [0.1, 0.15) is 31.7 Å². The van der Waals surface area contributed by atoms with Crippen molar-refractivity contribution in [3.05, 3.63) is 35.2 Å². The molecule has 0 aliphatic rings. The molecule has 2 aromatic rings. The molecule has 0 aliphatic heterocycles. The van der Waals surface area contributed by atoms with Crippen LogP contribution >= 0.6 is 11.3 Å². The Morgan fingerprint density at radius 2 is 2.06 bits per heavy atom. The monoisotopic (exact) mass is 243 g/mol. The van der Waals surface area contributed by atoms with E-state index >= 15 is 0 Å². The van der Waals surface area contributed by atoms with Crippen molar-refractivity contribution >= 4 is 21.4 Å². The van der Waals surface area contributed by atoms with Crippen molar-refractivity contribution < 1.29 is 0 Å². The minimum absolute atomic E-state index is 0.268. The van der Waals surface area contributed by atoms with E-state index in [1.165, 1.54) is 15.0 Å². The molecule has 0 amide bonds. The van der Waals surface area contributed by atoms with Gasteiger partial charge in [-0.05, 0) is 38.3 Å². The number of nitrogens with one attached hydrogen (secondary N) is 1. The van der Waals surface area contributed by atoms with Gasteiger partial charge < -0.3 is 0 Å².